The number of thioether (sulfide) groups is 2. The van der Waals surface area contributed by atoms with Crippen molar-refractivity contribution >= 4 is 46.7 Å². The van der Waals surface area contributed by atoms with E-state index in [9.17, 15) is 0 Å². The Hall–Kier alpha value is -1.14. The quantitative estimate of drug-likeness (QED) is 0.466. The largest absolute Gasteiger partial charge is 0.308 e. The zero-order valence-electron chi connectivity index (χ0n) is 13.9. The third-order valence-corrected chi connectivity index (χ3v) is 6.50. The van der Waals surface area contributed by atoms with Crippen LogP contribution in [0.2, 0.25) is 10.0 Å². The average Bonchev–Trinajstić information content (AvgIpc) is 2.95. The van der Waals surface area contributed by atoms with Gasteiger partial charge in [-0.15, -0.1) is 22.0 Å². The zero-order valence-corrected chi connectivity index (χ0v) is 17.0. The smallest absolute Gasteiger partial charge is 0.191 e. The van der Waals surface area contributed by atoms with Crippen LogP contribution in [0.1, 0.15) is 17.0 Å². The lowest BCUT2D eigenvalue weighted by Crippen LogP contribution is -1.97. The highest BCUT2D eigenvalue weighted by atomic mass is 35.5. The fourth-order valence-corrected chi connectivity index (χ4v) is 4.23. The summed E-state index contributed by atoms with van der Waals surface area (Å²) in [6, 6.07) is 14.2. The molecule has 0 saturated heterocycles. The number of nitrogens with zero attached hydrogens (tertiary/aromatic N) is 3. The van der Waals surface area contributed by atoms with Crippen molar-refractivity contribution in [2.75, 3.05) is 0 Å². The van der Waals surface area contributed by atoms with E-state index in [0.29, 0.717) is 10.0 Å². The van der Waals surface area contributed by atoms with Crippen LogP contribution in [-0.2, 0) is 18.6 Å². The summed E-state index contributed by atoms with van der Waals surface area (Å²) in [6.45, 7) is 2.09. The predicted octanol–water partition coefficient (Wildman–Crippen LogP) is 6.01. The number of benzene rings is 2. The van der Waals surface area contributed by atoms with Gasteiger partial charge in [0.1, 0.15) is 5.82 Å². The van der Waals surface area contributed by atoms with Crippen LogP contribution < -0.4 is 0 Å². The van der Waals surface area contributed by atoms with Gasteiger partial charge in [0.05, 0.1) is 15.8 Å². The first kappa shape index (κ1) is 18.6. The molecule has 0 saturated carbocycles. The number of halogens is 2. The molecular weight excluding hydrogens is 393 g/mol. The molecule has 0 radical (unpaired) electrons. The third-order valence-electron chi connectivity index (χ3n) is 3.67. The molecule has 7 heteroatoms. The number of aryl methyl sites for hydroxylation is 1. The van der Waals surface area contributed by atoms with Gasteiger partial charge < -0.3 is 4.57 Å². The van der Waals surface area contributed by atoms with E-state index >= 15 is 0 Å². The predicted molar refractivity (Wildman–Crippen MR) is 108 cm³/mol. The highest BCUT2D eigenvalue weighted by Crippen LogP contribution is 2.28. The van der Waals surface area contributed by atoms with Crippen molar-refractivity contribution in [3.8, 4) is 0 Å². The number of aromatic nitrogens is 3. The van der Waals surface area contributed by atoms with Gasteiger partial charge in [-0.25, -0.2) is 0 Å². The Balaban J connectivity index is 1.60. The molecule has 3 aromatic rings. The number of hydrogen-bond acceptors (Lipinski definition) is 4. The SMILES string of the molecule is Cc1ccc(SCc2nnc(SCc3ccc(Cl)c(Cl)c3)n2C)cc1. The molecule has 1 heterocycles. The van der Waals surface area contributed by atoms with Crippen LogP contribution in [0.15, 0.2) is 52.5 Å². The maximum absolute atomic E-state index is 6.06. The second-order valence-electron chi connectivity index (χ2n) is 5.60. The van der Waals surface area contributed by atoms with E-state index in [0.717, 1.165) is 28.0 Å². The molecule has 0 spiro atoms. The molecule has 3 rings (SSSR count). The van der Waals surface area contributed by atoms with Crippen molar-refractivity contribution in [2.45, 2.75) is 28.5 Å². The maximum Gasteiger partial charge on any atom is 0.191 e. The van der Waals surface area contributed by atoms with Crippen LogP contribution in [0, 0.1) is 6.92 Å². The van der Waals surface area contributed by atoms with Gasteiger partial charge in [0.15, 0.2) is 5.16 Å². The van der Waals surface area contributed by atoms with Crippen molar-refractivity contribution in [3.05, 3.63) is 69.5 Å². The molecule has 2 aromatic carbocycles. The van der Waals surface area contributed by atoms with Crippen LogP contribution in [0.3, 0.4) is 0 Å². The van der Waals surface area contributed by atoms with Gasteiger partial charge >= 0.3 is 0 Å². The Morgan fingerprint density at radius 1 is 0.920 bits per heavy atom. The van der Waals surface area contributed by atoms with Gasteiger partial charge in [0, 0.05) is 17.7 Å². The summed E-state index contributed by atoms with van der Waals surface area (Å²) >= 11 is 15.4. The van der Waals surface area contributed by atoms with Crippen molar-refractivity contribution in [1.82, 2.24) is 14.8 Å². The van der Waals surface area contributed by atoms with E-state index in [4.69, 9.17) is 23.2 Å². The Bertz CT molecular complexity index is 863. The summed E-state index contributed by atoms with van der Waals surface area (Å²) in [4.78, 5) is 1.23. The second-order valence-corrected chi connectivity index (χ2v) is 8.40. The molecule has 0 fully saturated rings. The number of rotatable bonds is 6. The molecule has 0 bridgehead atoms. The highest BCUT2D eigenvalue weighted by molar-refractivity contribution is 7.98. The molecule has 1 aromatic heterocycles. The average molecular weight is 410 g/mol. The molecule has 0 atom stereocenters. The van der Waals surface area contributed by atoms with Crippen LogP contribution >= 0.6 is 46.7 Å². The highest BCUT2D eigenvalue weighted by Gasteiger charge is 2.10. The second kappa shape index (κ2) is 8.49. The van der Waals surface area contributed by atoms with E-state index in [-0.39, 0.29) is 0 Å². The molecule has 130 valence electrons. The van der Waals surface area contributed by atoms with Gasteiger partial charge in [0.25, 0.3) is 0 Å². The van der Waals surface area contributed by atoms with Crippen LogP contribution in [-0.4, -0.2) is 14.8 Å². The monoisotopic (exact) mass is 409 g/mol. The van der Waals surface area contributed by atoms with Gasteiger partial charge in [-0.3, -0.25) is 0 Å². The third kappa shape index (κ3) is 4.94. The molecule has 0 aliphatic rings. The molecular formula is C18H17Cl2N3S2. The minimum absolute atomic E-state index is 0.574. The Morgan fingerprint density at radius 2 is 1.68 bits per heavy atom. The van der Waals surface area contributed by atoms with Crippen molar-refractivity contribution in [1.29, 1.82) is 0 Å². The fourth-order valence-electron chi connectivity index (χ4n) is 2.16. The van der Waals surface area contributed by atoms with Crippen LogP contribution in [0.25, 0.3) is 0 Å². The molecule has 0 amide bonds. The van der Waals surface area contributed by atoms with Gasteiger partial charge in [-0.1, -0.05) is 58.7 Å². The number of hydrogen-bond donors (Lipinski definition) is 0. The van der Waals surface area contributed by atoms with Gasteiger partial charge in [-0.05, 0) is 36.8 Å². The lowest BCUT2D eigenvalue weighted by molar-refractivity contribution is 0.761. The molecule has 3 nitrogen and oxygen atoms in total. The maximum atomic E-state index is 6.06. The van der Waals surface area contributed by atoms with Gasteiger partial charge in [-0.2, -0.15) is 0 Å². The van der Waals surface area contributed by atoms with Gasteiger partial charge in [0.2, 0.25) is 0 Å². The Labute approximate surface area is 166 Å². The summed E-state index contributed by atoms with van der Waals surface area (Å²) in [6.07, 6.45) is 0. The minimum Gasteiger partial charge on any atom is -0.308 e. The fraction of sp³-hybridized carbons (Fsp3) is 0.222. The lowest BCUT2D eigenvalue weighted by Gasteiger charge is -2.05. The summed E-state index contributed by atoms with van der Waals surface area (Å²) in [5.41, 5.74) is 2.38. The van der Waals surface area contributed by atoms with Crippen molar-refractivity contribution < 1.29 is 0 Å². The standard InChI is InChI=1S/C18H17Cl2N3S2/c1-12-3-6-14(7-4-12)24-11-17-21-22-18(23(17)2)25-10-13-5-8-15(19)16(20)9-13/h3-9H,10-11H2,1-2H3. The minimum atomic E-state index is 0.574. The molecule has 0 N–H and O–H groups in total. The summed E-state index contributed by atoms with van der Waals surface area (Å²) in [5.74, 6) is 2.52. The van der Waals surface area contributed by atoms with E-state index < -0.39 is 0 Å². The van der Waals surface area contributed by atoms with E-state index in [2.05, 4.69) is 41.4 Å². The van der Waals surface area contributed by atoms with Crippen LogP contribution in [0.4, 0.5) is 0 Å². The molecule has 0 aliphatic heterocycles. The Kier molecular flexibility index (Phi) is 6.34. The summed E-state index contributed by atoms with van der Waals surface area (Å²) in [7, 11) is 2.00. The first-order valence-electron chi connectivity index (χ1n) is 7.67. The Morgan fingerprint density at radius 3 is 2.40 bits per heavy atom. The summed E-state index contributed by atoms with van der Waals surface area (Å²) in [5, 5.41) is 10.7. The van der Waals surface area contributed by atoms with Crippen molar-refractivity contribution in [2.24, 2.45) is 7.05 Å². The van der Waals surface area contributed by atoms with Crippen LogP contribution in [0.5, 0.6) is 0 Å². The molecule has 0 unspecified atom stereocenters. The van der Waals surface area contributed by atoms with E-state index in [1.54, 1.807) is 23.5 Å². The van der Waals surface area contributed by atoms with Crippen molar-refractivity contribution in [3.63, 3.8) is 0 Å². The van der Waals surface area contributed by atoms with E-state index in [1.807, 2.05) is 29.8 Å². The normalized spacial score (nSPS) is 11.0. The van der Waals surface area contributed by atoms with E-state index in [1.165, 1.54) is 10.5 Å². The topological polar surface area (TPSA) is 30.7 Å². The molecule has 25 heavy (non-hydrogen) atoms. The summed E-state index contributed by atoms with van der Waals surface area (Å²) < 4.78 is 2.05. The first-order valence-corrected chi connectivity index (χ1v) is 10.4. The lowest BCUT2D eigenvalue weighted by atomic mass is 10.2. The first-order chi connectivity index (χ1) is 12.0. The zero-order chi connectivity index (χ0) is 17.8. The molecule has 0 aliphatic carbocycles.